The SMILES string of the molecule is CCC(C)C(C)N(CC(=O)Nc1nnc(C)s1)C1CC1. The monoisotopic (exact) mass is 296 g/mol. The molecule has 2 unspecified atom stereocenters. The molecule has 2 atom stereocenters. The van der Waals surface area contributed by atoms with Crippen molar-refractivity contribution < 1.29 is 4.79 Å². The lowest BCUT2D eigenvalue weighted by atomic mass is 9.99. The number of nitrogens with one attached hydrogen (secondary N) is 1. The van der Waals surface area contributed by atoms with Crippen molar-refractivity contribution >= 4 is 22.4 Å². The molecule has 1 aromatic rings. The first-order chi connectivity index (χ1) is 9.51. The molecule has 0 spiro atoms. The van der Waals surface area contributed by atoms with E-state index in [1.54, 1.807) is 0 Å². The lowest BCUT2D eigenvalue weighted by Crippen LogP contribution is -2.43. The van der Waals surface area contributed by atoms with E-state index in [0.717, 1.165) is 11.4 Å². The maximum atomic E-state index is 12.2. The largest absolute Gasteiger partial charge is 0.299 e. The van der Waals surface area contributed by atoms with Gasteiger partial charge in [-0.1, -0.05) is 31.6 Å². The second-order valence-corrected chi connectivity index (χ2v) is 6.89. The molecule has 2 rings (SSSR count). The van der Waals surface area contributed by atoms with Gasteiger partial charge in [0.2, 0.25) is 11.0 Å². The van der Waals surface area contributed by atoms with Crippen molar-refractivity contribution in [2.75, 3.05) is 11.9 Å². The van der Waals surface area contributed by atoms with E-state index in [0.29, 0.717) is 29.7 Å². The number of amides is 1. The highest BCUT2D eigenvalue weighted by Gasteiger charge is 2.34. The van der Waals surface area contributed by atoms with Gasteiger partial charge in [0.1, 0.15) is 5.01 Å². The van der Waals surface area contributed by atoms with Crippen molar-refractivity contribution in [2.45, 2.75) is 59.0 Å². The van der Waals surface area contributed by atoms with Crippen molar-refractivity contribution in [1.82, 2.24) is 15.1 Å². The van der Waals surface area contributed by atoms with E-state index < -0.39 is 0 Å². The van der Waals surface area contributed by atoms with Gasteiger partial charge in [0.25, 0.3) is 0 Å². The second-order valence-electron chi connectivity index (χ2n) is 5.70. The van der Waals surface area contributed by atoms with Gasteiger partial charge in [-0.2, -0.15) is 0 Å². The first-order valence-corrected chi connectivity index (χ1v) is 8.18. The summed E-state index contributed by atoms with van der Waals surface area (Å²) >= 11 is 1.41. The van der Waals surface area contributed by atoms with Gasteiger partial charge in [0, 0.05) is 12.1 Å². The van der Waals surface area contributed by atoms with E-state index in [2.05, 4.69) is 41.2 Å². The molecular formula is C14H24N4OS. The molecule has 0 aliphatic heterocycles. The average Bonchev–Trinajstić information content (AvgIpc) is 3.18. The predicted molar refractivity (Wildman–Crippen MR) is 81.9 cm³/mol. The van der Waals surface area contributed by atoms with E-state index in [-0.39, 0.29) is 5.91 Å². The van der Waals surface area contributed by atoms with E-state index >= 15 is 0 Å². The fourth-order valence-electron chi connectivity index (χ4n) is 2.35. The van der Waals surface area contributed by atoms with Crippen molar-refractivity contribution in [3.8, 4) is 0 Å². The van der Waals surface area contributed by atoms with Gasteiger partial charge in [-0.05, 0) is 32.6 Å². The van der Waals surface area contributed by atoms with Crippen molar-refractivity contribution in [3.05, 3.63) is 5.01 Å². The number of aromatic nitrogens is 2. The van der Waals surface area contributed by atoms with Crippen LogP contribution in [0.25, 0.3) is 0 Å². The van der Waals surface area contributed by atoms with E-state index in [9.17, 15) is 4.79 Å². The van der Waals surface area contributed by atoms with E-state index in [1.807, 2.05) is 6.92 Å². The quantitative estimate of drug-likeness (QED) is 0.840. The summed E-state index contributed by atoms with van der Waals surface area (Å²) in [5.74, 6) is 0.621. The molecular weight excluding hydrogens is 272 g/mol. The minimum atomic E-state index is 0.0169. The molecule has 1 saturated carbocycles. The molecule has 1 aliphatic rings. The number of carbonyl (C=O) groups excluding carboxylic acids is 1. The number of hydrogen-bond acceptors (Lipinski definition) is 5. The Morgan fingerprint density at radius 1 is 1.45 bits per heavy atom. The third kappa shape index (κ3) is 3.99. The minimum Gasteiger partial charge on any atom is -0.299 e. The molecule has 1 amide bonds. The van der Waals surface area contributed by atoms with Crippen LogP contribution in [0.2, 0.25) is 0 Å². The van der Waals surface area contributed by atoms with Crippen LogP contribution in [0.15, 0.2) is 0 Å². The molecule has 5 nitrogen and oxygen atoms in total. The number of aryl methyl sites for hydroxylation is 1. The van der Waals surface area contributed by atoms with Crippen LogP contribution in [0.3, 0.4) is 0 Å². The maximum Gasteiger partial charge on any atom is 0.240 e. The molecule has 0 saturated heterocycles. The Hall–Kier alpha value is -1.01. The predicted octanol–water partition coefficient (Wildman–Crippen LogP) is 2.68. The molecule has 1 fully saturated rings. The topological polar surface area (TPSA) is 58.1 Å². The molecule has 6 heteroatoms. The normalized spacial score (nSPS) is 18.1. The fraction of sp³-hybridized carbons (Fsp3) is 0.786. The molecule has 0 aromatic carbocycles. The van der Waals surface area contributed by atoms with Crippen LogP contribution in [0.1, 0.15) is 45.0 Å². The Morgan fingerprint density at radius 3 is 2.65 bits per heavy atom. The summed E-state index contributed by atoms with van der Waals surface area (Å²) in [6.45, 7) is 9.03. The molecule has 0 radical (unpaired) electrons. The number of hydrogen-bond donors (Lipinski definition) is 1. The smallest absolute Gasteiger partial charge is 0.240 e. The summed E-state index contributed by atoms with van der Waals surface area (Å²) in [4.78, 5) is 14.5. The Bertz CT molecular complexity index is 458. The summed E-state index contributed by atoms with van der Waals surface area (Å²) in [7, 11) is 0. The highest BCUT2D eigenvalue weighted by Crippen LogP contribution is 2.31. The van der Waals surface area contributed by atoms with Crippen LogP contribution >= 0.6 is 11.3 Å². The van der Waals surface area contributed by atoms with Gasteiger partial charge in [-0.25, -0.2) is 0 Å². The number of anilines is 1. The lowest BCUT2D eigenvalue weighted by molar-refractivity contribution is -0.118. The summed E-state index contributed by atoms with van der Waals surface area (Å²) in [6, 6.07) is 1.02. The highest BCUT2D eigenvalue weighted by molar-refractivity contribution is 7.15. The highest BCUT2D eigenvalue weighted by atomic mass is 32.1. The molecule has 1 N–H and O–H groups in total. The summed E-state index contributed by atoms with van der Waals surface area (Å²) in [6.07, 6.45) is 3.57. The van der Waals surface area contributed by atoms with Gasteiger partial charge in [-0.15, -0.1) is 10.2 Å². The Labute approximate surface area is 124 Å². The molecule has 112 valence electrons. The summed E-state index contributed by atoms with van der Waals surface area (Å²) in [5, 5.41) is 12.2. The molecule has 20 heavy (non-hydrogen) atoms. The second kappa shape index (κ2) is 6.63. The van der Waals surface area contributed by atoms with Crippen LogP contribution in [0.4, 0.5) is 5.13 Å². The van der Waals surface area contributed by atoms with Gasteiger partial charge in [-0.3, -0.25) is 15.0 Å². The van der Waals surface area contributed by atoms with Gasteiger partial charge in [0.05, 0.1) is 6.54 Å². The van der Waals surface area contributed by atoms with Crippen LogP contribution in [-0.2, 0) is 4.79 Å². The number of rotatable bonds is 7. The third-order valence-electron chi connectivity index (χ3n) is 4.11. The minimum absolute atomic E-state index is 0.0169. The fourth-order valence-corrected chi connectivity index (χ4v) is 2.96. The first kappa shape index (κ1) is 15.4. The van der Waals surface area contributed by atoms with Crippen molar-refractivity contribution in [2.24, 2.45) is 5.92 Å². The van der Waals surface area contributed by atoms with Crippen LogP contribution in [-0.4, -0.2) is 39.6 Å². The standard InChI is InChI=1S/C14H24N4OS/c1-5-9(2)10(3)18(12-6-7-12)8-13(19)15-14-17-16-11(4)20-14/h9-10,12H,5-8H2,1-4H3,(H,15,17,19). The van der Waals surface area contributed by atoms with E-state index in [4.69, 9.17) is 0 Å². The van der Waals surface area contributed by atoms with Crippen LogP contribution in [0.5, 0.6) is 0 Å². The lowest BCUT2D eigenvalue weighted by Gasteiger charge is -2.32. The first-order valence-electron chi connectivity index (χ1n) is 7.37. The Kier molecular flexibility index (Phi) is 5.10. The summed E-state index contributed by atoms with van der Waals surface area (Å²) in [5.41, 5.74) is 0. The zero-order chi connectivity index (χ0) is 14.7. The average molecular weight is 296 g/mol. The Balaban J connectivity index is 1.92. The summed E-state index contributed by atoms with van der Waals surface area (Å²) < 4.78 is 0. The van der Waals surface area contributed by atoms with Crippen molar-refractivity contribution in [3.63, 3.8) is 0 Å². The van der Waals surface area contributed by atoms with Crippen LogP contribution < -0.4 is 5.32 Å². The van der Waals surface area contributed by atoms with Gasteiger partial charge >= 0.3 is 0 Å². The van der Waals surface area contributed by atoms with Gasteiger partial charge < -0.3 is 0 Å². The molecule has 0 bridgehead atoms. The molecule has 1 heterocycles. The van der Waals surface area contributed by atoms with E-state index in [1.165, 1.54) is 24.2 Å². The third-order valence-corrected chi connectivity index (χ3v) is 4.86. The molecule has 1 aromatic heterocycles. The molecule has 1 aliphatic carbocycles. The number of carbonyl (C=O) groups is 1. The van der Waals surface area contributed by atoms with Crippen LogP contribution in [0, 0.1) is 12.8 Å². The number of nitrogens with zero attached hydrogens (tertiary/aromatic N) is 3. The maximum absolute atomic E-state index is 12.2. The Morgan fingerprint density at radius 2 is 2.15 bits per heavy atom. The van der Waals surface area contributed by atoms with Crippen molar-refractivity contribution in [1.29, 1.82) is 0 Å². The zero-order valence-electron chi connectivity index (χ0n) is 12.7. The zero-order valence-corrected chi connectivity index (χ0v) is 13.5. The van der Waals surface area contributed by atoms with Gasteiger partial charge in [0.15, 0.2) is 0 Å².